The molecule has 3 heteroatoms. The number of benzene rings is 2. The molecular formula is C23H26N2O. The number of aryl methyl sites for hydroxylation is 2. The van der Waals surface area contributed by atoms with Gasteiger partial charge in [0.15, 0.2) is 0 Å². The summed E-state index contributed by atoms with van der Waals surface area (Å²) >= 11 is 0. The summed E-state index contributed by atoms with van der Waals surface area (Å²) in [5.41, 5.74) is 4.81. The van der Waals surface area contributed by atoms with Crippen molar-refractivity contribution in [2.75, 3.05) is 13.2 Å². The Morgan fingerprint density at radius 1 is 0.923 bits per heavy atom. The number of nitrogens with zero attached hydrogens (tertiary/aromatic N) is 1. The lowest BCUT2D eigenvalue weighted by Gasteiger charge is -2.19. The minimum Gasteiger partial charge on any atom is -0.494 e. The number of pyridine rings is 1. The van der Waals surface area contributed by atoms with Crippen molar-refractivity contribution in [1.29, 1.82) is 0 Å². The second-order valence-electron chi connectivity index (χ2n) is 6.50. The minimum absolute atomic E-state index is 0.0963. The maximum atomic E-state index is 5.88. The Hall–Kier alpha value is -2.65. The zero-order valence-electron chi connectivity index (χ0n) is 15.5. The third kappa shape index (κ3) is 4.93. The van der Waals surface area contributed by atoms with Gasteiger partial charge in [0, 0.05) is 6.20 Å². The van der Waals surface area contributed by atoms with Crippen LogP contribution in [0.5, 0.6) is 5.75 Å². The van der Waals surface area contributed by atoms with Gasteiger partial charge in [-0.25, -0.2) is 0 Å². The van der Waals surface area contributed by atoms with Crippen LogP contribution in [0.2, 0.25) is 0 Å². The van der Waals surface area contributed by atoms with Crippen LogP contribution < -0.4 is 10.1 Å². The summed E-state index contributed by atoms with van der Waals surface area (Å²) in [6, 6.07) is 22.8. The van der Waals surface area contributed by atoms with E-state index in [1.165, 1.54) is 16.7 Å². The van der Waals surface area contributed by atoms with E-state index in [0.29, 0.717) is 6.61 Å². The van der Waals surface area contributed by atoms with Crippen molar-refractivity contribution >= 4 is 0 Å². The molecule has 134 valence electrons. The lowest BCUT2D eigenvalue weighted by Crippen LogP contribution is -2.25. The van der Waals surface area contributed by atoms with E-state index in [4.69, 9.17) is 4.74 Å². The first-order chi connectivity index (χ1) is 12.7. The molecule has 3 aromatic rings. The van der Waals surface area contributed by atoms with Gasteiger partial charge in [-0.1, -0.05) is 42.5 Å². The van der Waals surface area contributed by atoms with Crippen LogP contribution in [0.25, 0.3) is 0 Å². The van der Waals surface area contributed by atoms with Crippen molar-refractivity contribution in [1.82, 2.24) is 10.3 Å². The first-order valence-corrected chi connectivity index (χ1v) is 9.13. The van der Waals surface area contributed by atoms with Crippen LogP contribution in [0.1, 0.15) is 34.8 Å². The minimum atomic E-state index is 0.0963. The summed E-state index contributed by atoms with van der Waals surface area (Å²) in [4.78, 5) is 4.53. The van der Waals surface area contributed by atoms with Crippen molar-refractivity contribution in [3.63, 3.8) is 0 Å². The largest absolute Gasteiger partial charge is 0.494 e. The third-order valence-corrected chi connectivity index (χ3v) is 4.53. The summed E-state index contributed by atoms with van der Waals surface area (Å²) in [5, 5.41) is 3.62. The smallest absolute Gasteiger partial charge is 0.119 e. The van der Waals surface area contributed by atoms with Crippen molar-refractivity contribution < 1.29 is 4.74 Å². The summed E-state index contributed by atoms with van der Waals surface area (Å²) in [7, 11) is 0. The molecule has 0 bridgehead atoms. The molecule has 1 atom stereocenters. The monoisotopic (exact) mass is 346 g/mol. The number of ether oxygens (including phenoxy) is 1. The van der Waals surface area contributed by atoms with Gasteiger partial charge >= 0.3 is 0 Å². The quantitative estimate of drug-likeness (QED) is 0.592. The Kier molecular flexibility index (Phi) is 6.39. The summed E-state index contributed by atoms with van der Waals surface area (Å²) in [6.07, 6.45) is 2.78. The van der Waals surface area contributed by atoms with E-state index in [0.717, 1.165) is 24.4 Å². The van der Waals surface area contributed by atoms with Gasteiger partial charge in [0.2, 0.25) is 0 Å². The summed E-state index contributed by atoms with van der Waals surface area (Å²) in [5.74, 6) is 0.942. The highest BCUT2D eigenvalue weighted by Gasteiger charge is 2.13. The standard InChI is InChI=1S/C23H26N2O/c1-18-12-13-21(17-19(18)2)26-16-8-15-25-23(20-9-4-3-5-10-20)22-11-6-7-14-24-22/h3-7,9-14,17,23,25H,8,15-16H2,1-2H3. The van der Waals surface area contributed by atoms with Gasteiger partial charge in [-0.15, -0.1) is 0 Å². The van der Waals surface area contributed by atoms with Gasteiger partial charge in [0.25, 0.3) is 0 Å². The van der Waals surface area contributed by atoms with E-state index in [1.54, 1.807) is 0 Å². The SMILES string of the molecule is Cc1ccc(OCCCNC(c2ccccc2)c2ccccn2)cc1C. The van der Waals surface area contributed by atoms with Crippen LogP contribution in [0.4, 0.5) is 0 Å². The molecule has 0 aliphatic carbocycles. The molecule has 1 heterocycles. The second-order valence-corrected chi connectivity index (χ2v) is 6.50. The van der Waals surface area contributed by atoms with E-state index in [1.807, 2.05) is 30.5 Å². The van der Waals surface area contributed by atoms with Crippen LogP contribution in [0.3, 0.4) is 0 Å². The number of nitrogens with one attached hydrogen (secondary N) is 1. The fourth-order valence-electron chi connectivity index (χ4n) is 2.90. The molecule has 3 rings (SSSR count). The molecule has 0 spiro atoms. The van der Waals surface area contributed by atoms with Crippen LogP contribution in [-0.2, 0) is 0 Å². The van der Waals surface area contributed by atoms with E-state index in [9.17, 15) is 0 Å². The van der Waals surface area contributed by atoms with Gasteiger partial charge in [-0.05, 0) is 67.8 Å². The summed E-state index contributed by atoms with van der Waals surface area (Å²) < 4.78 is 5.88. The van der Waals surface area contributed by atoms with Crippen molar-refractivity contribution in [2.45, 2.75) is 26.3 Å². The molecule has 0 aliphatic heterocycles. The summed E-state index contributed by atoms with van der Waals surface area (Å²) in [6.45, 7) is 5.78. The van der Waals surface area contributed by atoms with E-state index in [-0.39, 0.29) is 6.04 Å². The Bertz CT molecular complexity index is 763. The molecule has 1 aromatic heterocycles. The molecule has 0 amide bonds. The second kappa shape index (κ2) is 9.16. The predicted octanol–water partition coefficient (Wildman–Crippen LogP) is 4.85. The molecule has 1 unspecified atom stereocenters. The molecule has 0 radical (unpaired) electrons. The molecular weight excluding hydrogens is 320 g/mol. The molecule has 26 heavy (non-hydrogen) atoms. The van der Waals surface area contributed by atoms with Gasteiger partial charge < -0.3 is 10.1 Å². The molecule has 1 N–H and O–H groups in total. The van der Waals surface area contributed by atoms with Crippen LogP contribution >= 0.6 is 0 Å². The molecule has 0 saturated heterocycles. The first-order valence-electron chi connectivity index (χ1n) is 9.13. The number of hydrogen-bond donors (Lipinski definition) is 1. The van der Waals surface area contributed by atoms with E-state index >= 15 is 0 Å². The van der Waals surface area contributed by atoms with Crippen LogP contribution in [0, 0.1) is 13.8 Å². The maximum absolute atomic E-state index is 5.88. The normalized spacial score (nSPS) is 11.9. The predicted molar refractivity (Wildman–Crippen MR) is 107 cm³/mol. The first kappa shape index (κ1) is 18.2. The lowest BCUT2D eigenvalue weighted by molar-refractivity contribution is 0.306. The Morgan fingerprint density at radius 3 is 2.46 bits per heavy atom. The van der Waals surface area contributed by atoms with Crippen LogP contribution in [0.15, 0.2) is 72.9 Å². The maximum Gasteiger partial charge on any atom is 0.119 e. The number of rotatable bonds is 8. The zero-order chi connectivity index (χ0) is 18.2. The van der Waals surface area contributed by atoms with E-state index < -0.39 is 0 Å². The molecule has 0 saturated carbocycles. The highest BCUT2D eigenvalue weighted by atomic mass is 16.5. The van der Waals surface area contributed by atoms with Gasteiger partial charge in [-0.2, -0.15) is 0 Å². The lowest BCUT2D eigenvalue weighted by atomic mass is 10.0. The van der Waals surface area contributed by atoms with E-state index in [2.05, 4.69) is 66.6 Å². The fraction of sp³-hybridized carbons (Fsp3) is 0.261. The van der Waals surface area contributed by atoms with Gasteiger partial charge in [-0.3, -0.25) is 4.98 Å². The zero-order valence-corrected chi connectivity index (χ0v) is 15.5. The highest BCUT2D eigenvalue weighted by Crippen LogP contribution is 2.20. The van der Waals surface area contributed by atoms with Crippen molar-refractivity contribution in [3.05, 3.63) is 95.3 Å². The molecule has 3 nitrogen and oxygen atoms in total. The molecule has 0 fully saturated rings. The Morgan fingerprint density at radius 2 is 1.73 bits per heavy atom. The van der Waals surface area contributed by atoms with Gasteiger partial charge in [0.05, 0.1) is 18.3 Å². The molecule has 2 aromatic carbocycles. The average Bonchev–Trinajstić information content (AvgIpc) is 2.69. The third-order valence-electron chi connectivity index (χ3n) is 4.53. The van der Waals surface area contributed by atoms with Crippen LogP contribution in [-0.4, -0.2) is 18.1 Å². The Labute approximate surface area is 156 Å². The highest BCUT2D eigenvalue weighted by molar-refractivity contribution is 5.33. The Balaban J connectivity index is 1.54. The van der Waals surface area contributed by atoms with Crippen molar-refractivity contribution in [3.8, 4) is 5.75 Å². The fourth-order valence-corrected chi connectivity index (χ4v) is 2.90. The topological polar surface area (TPSA) is 34.1 Å². The number of hydrogen-bond acceptors (Lipinski definition) is 3. The van der Waals surface area contributed by atoms with Gasteiger partial charge in [0.1, 0.15) is 5.75 Å². The molecule has 0 aliphatic rings. The number of aromatic nitrogens is 1. The van der Waals surface area contributed by atoms with Crippen molar-refractivity contribution in [2.24, 2.45) is 0 Å². The average molecular weight is 346 g/mol.